The lowest BCUT2D eigenvalue weighted by molar-refractivity contribution is 0.159. The number of carbonyl (C=O) groups excluding carboxylic acids is 1. The number of benzene rings is 3. The Morgan fingerprint density at radius 2 is 1.93 bits per heavy atom. The molecule has 3 N–H and O–H groups in total. The molecule has 0 aliphatic heterocycles. The Morgan fingerprint density at radius 3 is 2.75 bits per heavy atom. The van der Waals surface area contributed by atoms with Crippen LogP contribution in [-0.4, -0.2) is 16.2 Å². The van der Waals surface area contributed by atoms with E-state index in [1.165, 1.54) is 0 Å². The van der Waals surface area contributed by atoms with Crippen molar-refractivity contribution >= 4 is 38.4 Å². The van der Waals surface area contributed by atoms with Crippen molar-refractivity contribution in [3.63, 3.8) is 0 Å². The number of thiazole rings is 1. The summed E-state index contributed by atoms with van der Waals surface area (Å²) in [6.07, 6.45) is 0. The number of ether oxygens (including phenoxy) is 1. The lowest BCUT2D eigenvalue weighted by atomic mass is 10.0. The first kappa shape index (κ1) is 18.2. The molecular formula is C21H19N3O3S. The number of aromatic nitrogens is 1. The summed E-state index contributed by atoms with van der Waals surface area (Å²) in [5.74, 6) is 0.783. The van der Waals surface area contributed by atoms with Crippen molar-refractivity contribution in [3.8, 4) is 5.75 Å². The van der Waals surface area contributed by atoms with Crippen LogP contribution in [0.4, 0.5) is 4.79 Å². The normalized spacial score (nSPS) is 12.1. The molecule has 6 nitrogen and oxygen atoms in total. The molecule has 1 atom stereocenters. The minimum atomic E-state index is -0.633. The zero-order valence-corrected chi connectivity index (χ0v) is 16.0. The van der Waals surface area contributed by atoms with Gasteiger partial charge in [0.05, 0.1) is 16.3 Å². The Bertz CT molecular complexity index is 1110. The van der Waals surface area contributed by atoms with Crippen molar-refractivity contribution < 1.29 is 14.7 Å². The fourth-order valence-corrected chi connectivity index (χ4v) is 3.92. The summed E-state index contributed by atoms with van der Waals surface area (Å²) < 4.78 is 7.09. The van der Waals surface area contributed by atoms with Gasteiger partial charge in [-0.1, -0.05) is 30.3 Å². The van der Waals surface area contributed by atoms with E-state index in [0.29, 0.717) is 6.61 Å². The topological polar surface area (TPSA) is 83.5 Å². The Hall–Kier alpha value is -3.16. The van der Waals surface area contributed by atoms with Crippen LogP contribution in [0.1, 0.15) is 23.5 Å². The lowest BCUT2D eigenvalue weighted by Gasteiger charge is -2.14. The number of fused-ring (bicyclic) bond motifs is 2. The number of para-hydroxylation sites is 1. The first-order chi connectivity index (χ1) is 13.6. The maximum atomic E-state index is 11.3. The van der Waals surface area contributed by atoms with E-state index < -0.39 is 6.03 Å². The van der Waals surface area contributed by atoms with Crippen LogP contribution in [0.2, 0.25) is 0 Å². The van der Waals surface area contributed by atoms with Gasteiger partial charge in [0.2, 0.25) is 0 Å². The third kappa shape index (κ3) is 3.90. The summed E-state index contributed by atoms with van der Waals surface area (Å²) in [6.45, 7) is 2.28. The van der Waals surface area contributed by atoms with Crippen LogP contribution in [0, 0.1) is 0 Å². The molecule has 1 heterocycles. The van der Waals surface area contributed by atoms with Crippen molar-refractivity contribution in [2.24, 2.45) is 0 Å². The molecule has 0 saturated heterocycles. The molecule has 0 saturated carbocycles. The van der Waals surface area contributed by atoms with Gasteiger partial charge in [0.15, 0.2) is 0 Å². The van der Waals surface area contributed by atoms with Crippen LogP contribution >= 0.6 is 11.3 Å². The van der Waals surface area contributed by atoms with Crippen LogP contribution in [0.3, 0.4) is 0 Å². The smallest absolute Gasteiger partial charge is 0.338 e. The van der Waals surface area contributed by atoms with E-state index in [2.05, 4.69) is 16.4 Å². The highest BCUT2D eigenvalue weighted by Gasteiger charge is 2.10. The van der Waals surface area contributed by atoms with Crippen LogP contribution in [0.15, 0.2) is 60.7 Å². The minimum Gasteiger partial charge on any atom is -0.486 e. The van der Waals surface area contributed by atoms with Crippen molar-refractivity contribution in [1.29, 1.82) is 0 Å². The van der Waals surface area contributed by atoms with E-state index in [0.717, 1.165) is 37.3 Å². The standard InChI is InChI=1S/C21H19N3O3S/c1-13(22-21(25)24-26)14-6-7-16-11-17(9-8-15(16)10-14)27-12-20-23-18-4-2-3-5-19(18)28-20/h2-11,13,26H,12H2,1H3,(H2,22,24,25). The Morgan fingerprint density at radius 1 is 1.14 bits per heavy atom. The zero-order chi connectivity index (χ0) is 19.5. The van der Waals surface area contributed by atoms with E-state index in [4.69, 9.17) is 9.94 Å². The van der Waals surface area contributed by atoms with E-state index >= 15 is 0 Å². The van der Waals surface area contributed by atoms with E-state index in [1.807, 2.05) is 61.5 Å². The molecule has 0 fully saturated rings. The second-order valence-electron chi connectivity index (χ2n) is 6.44. The predicted molar refractivity (Wildman–Crippen MR) is 110 cm³/mol. The number of urea groups is 1. The van der Waals surface area contributed by atoms with Gasteiger partial charge >= 0.3 is 6.03 Å². The SMILES string of the molecule is CC(NC(=O)NO)c1ccc2cc(OCc3nc4ccccc4s3)ccc2c1. The second kappa shape index (κ2) is 7.84. The molecule has 0 radical (unpaired) electrons. The number of hydrogen-bond donors (Lipinski definition) is 3. The molecule has 0 spiro atoms. The summed E-state index contributed by atoms with van der Waals surface area (Å²) in [7, 11) is 0. The Labute approximate surface area is 165 Å². The van der Waals surface area contributed by atoms with Crippen LogP contribution in [-0.2, 0) is 6.61 Å². The lowest BCUT2D eigenvalue weighted by Crippen LogP contribution is -2.34. The molecule has 4 rings (SSSR count). The molecule has 4 aromatic rings. The predicted octanol–water partition coefficient (Wildman–Crippen LogP) is 4.78. The molecule has 7 heteroatoms. The summed E-state index contributed by atoms with van der Waals surface area (Å²) >= 11 is 1.64. The summed E-state index contributed by atoms with van der Waals surface area (Å²) in [4.78, 5) is 15.8. The highest BCUT2D eigenvalue weighted by molar-refractivity contribution is 7.18. The molecule has 1 unspecified atom stereocenters. The Kier molecular flexibility index (Phi) is 5.10. The van der Waals surface area contributed by atoms with Gasteiger partial charge in [-0.05, 0) is 53.6 Å². The second-order valence-corrected chi connectivity index (χ2v) is 7.55. The fourth-order valence-electron chi connectivity index (χ4n) is 3.04. The number of nitrogens with one attached hydrogen (secondary N) is 2. The highest BCUT2D eigenvalue weighted by atomic mass is 32.1. The monoisotopic (exact) mass is 393 g/mol. The summed E-state index contributed by atoms with van der Waals surface area (Å²) in [6, 6.07) is 19.0. The van der Waals surface area contributed by atoms with Gasteiger partial charge in [0.1, 0.15) is 17.4 Å². The molecular weight excluding hydrogens is 374 g/mol. The third-order valence-corrected chi connectivity index (χ3v) is 5.50. The number of carbonyl (C=O) groups is 1. The first-order valence-corrected chi connectivity index (χ1v) is 9.65. The number of rotatable bonds is 5. The van der Waals surface area contributed by atoms with Gasteiger partial charge < -0.3 is 10.1 Å². The number of hydroxylamine groups is 1. The van der Waals surface area contributed by atoms with Crippen molar-refractivity contribution in [2.45, 2.75) is 19.6 Å². The molecule has 0 bridgehead atoms. The van der Waals surface area contributed by atoms with Gasteiger partial charge in [-0.15, -0.1) is 11.3 Å². The molecule has 2 amide bonds. The zero-order valence-electron chi connectivity index (χ0n) is 15.2. The highest BCUT2D eigenvalue weighted by Crippen LogP contribution is 2.26. The van der Waals surface area contributed by atoms with E-state index in [-0.39, 0.29) is 6.04 Å². The maximum Gasteiger partial charge on any atom is 0.338 e. The molecule has 3 aromatic carbocycles. The van der Waals surface area contributed by atoms with Crippen molar-refractivity contribution in [2.75, 3.05) is 0 Å². The molecule has 0 aliphatic carbocycles. The largest absolute Gasteiger partial charge is 0.486 e. The summed E-state index contributed by atoms with van der Waals surface area (Å²) in [5, 5.41) is 14.3. The number of hydrogen-bond acceptors (Lipinski definition) is 5. The summed E-state index contributed by atoms with van der Waals surface area (Å²) in [5.41, 5.74) is 3.51. The maximum absolute atomic E-state index is 11.3. The average Bonchev–Trinajstić information content (AvgIpc) is 3.14. The average molecular weight is 393 g/mol. The fraction of sp³-hybridized carbons (Fsp3) is 0.143. The Balaban J connectivity index is 1.48. The van der Waals surface area contributed by atoms with Crippen LogP contribution in [0.25, 0.3) is 21.0 Å². The van der Waals surface area contributed by atoms with Crippen molar-refractivity contribution in [1.82, 2.24) is 15.8 Å². The number of nitrogens with zero attached hydrogens (tertiary/aromatic N) is 1. The van der Waals surface area contributed by atoms with Crippen LogP contribution < -0.4 is 15.5 Å². The molecule has 0 aliphatic rings. The van der Waals surface area contributed by atoms with E-state index in [1.54, 1.807) is 16.8 Å². The third-order valence-electron chi connectivity index (χ3n) is 4.49. The van der Waals surface area contributed by atoms with Crippen LogP contribution in [0.5, 0.6) is 5.75 Å². The van der Waals surface area contributed by atoms with Crippen molar-refractivity contribution in [3.05, 3.63) is 71.2 Å². The van der Waals surface area contributed by atoms with Gasteiger partial charge in [-0.25, -0.2) is 15.3 Å². The molecule has 142 valence electrons. The van der Waals surface area contributed by atoms with Gasteiger partial charge in [-0.2, -0.15) is 0 Å². The minimum absolute atomic E-state index is 0.230. The molecule has 28 heavy (non-hydrogen) atoms. The van der Waals surface area contributed by atoms with Gasteiger partial charge in [-0.3, -0.25) is 5.21 Å². The molecule has 1 aromatic heterocycles. The quantitative estimate of drug-likeness (QED) is 0.337. The first-order valence-electron chi connectivity index (χ1n) is 8.84. The van der Waals surface area contributed by atoms with Gasteiger partial charge in [0, 0.05) is 0 Å². The number of amides is 2. The van der Waals surface area contributed by atoms with E-state index in [9.17, 15) is 4.79 Å². The van der Waals surface area contributed by atoms with Gasteiger partial charge in [0.25, 0.3) is 0 Å².